The molecule has 1 saturated heterocycles. The molecular weight excluding hydrogens is 607 g/mol. The number of nitrogens with zero attached hydrogens (tertiary/aromatic N) is 2. The van der Waals surface area contributed by atoms with E-state index in [1.165, 1.54) is 11.1 Å². The minimum atomic E-state index is -3.70. The first-order valence-corrected chi connectivity index (χ1v) is 17.4. The zero-order valence-corrected chi connectivity index (χ0v) is 27.2. The number of piperazine rings is 1. The van der Waals surface area contributed by atoms with Crippen LogP contribution in [0.3, 0.4) is 0 Å². The first kappa shape index (κ1) is 32.2. The van der Waals surface area contributed by atoms with E-state index in [2.05, 4.69) is 34.5 Å². The van der Waals surface area contributed by atoms with Crippen LogP contribution in [0.25, 0.3) is 11.1 Å². The maximum absolute atomic E-state index is 13.6. The SMILES string of the molecule is CCC(Oc1ccc(-c2ccccc2)cc1)C(=O)Nc1ccc(S(=O)(=O)N2CCN(C(c3ccccc3)c3ccccc3)CC2)cc1. The summed E-state index contributed by atoms with van der Waals surface area (Å²) < 4.78 is 34.8. The fourth-order valence-corrected chi connectivity index (χ4v) is 7.43. The van der Waals surface area contributed by atoms with Gasteiger partial charge in [-0.1, -0.05) is 110 Å². The summed E-state index contributed by atoms with van der Waals surface area (Å²) >= 11 is 0. The lowest BCUT2D eigenvalue weighted by Gasteiger charge is -2.39. The largest absolute Gasteiger partial charge is 0.481 e. The van der Waals surface area contributed by atoms with E-state index in [-0.39, 0.29) is 16.8 Å². The van der Waals surface area contributed by atoms with Crippen molar-refractivity contribution >= 4 is 21.6 Å². The number of carbonyl (C=O) groups is 1. The molecule has 0 aliphatic carbocycles. The van der Waals surface area contributed by atoms with Gasteiger partial charge in [0.1, 0.15) is 5.75 Å². The molecule has 1 N–H and O–H groups in total. The van der Waals surface area contributed by atoms with E-state index in [9.17, 15) is 13.2 Å². The molecule has 8 heteroatoms. The monoisotopic (exact) mass is 645 g/mol. The third-order valence-electron chi connectivity index (χ3n) is 8.53. The van der Waals surface area contributed by atoms with Crippen molar-refractivity contribution in [1.29, 1.82) is 0 Å². The van der Waals surface area contributed by atoms with Gasteiger partial charge in [0.05, 0.1) is 10.9 Å². The highest BCUT2D eigenvalue weighted by atomic mass is 32.2. The topological polar surface area (TPSA) is 78.9 Å². The van der Waals surface area contributed by atoms with Crippen molar-refractivity contribution in [1.82, 2.24) is 9.21 Å². The molecule has 1 aliphatic rings. The van der Waals surface area contributed by atoms with Crippen molar-refractivity contribution in [2.45, 2.75) is 30.4 Å². The molecule has 1 amide bonds. The van der Waals surface area contributed by atoms with Gasteiger partial charge in [0.25, 0.3) is 5.91 Å². The lowest BCUT2D eigenvalue weighted by Crippen LogP contribution is -2.49. The zero-order chi connectivity index (χ0) is 32.6. The maximum Gasteiger partial charge on any atom is 0.265 e. The molecule has 1 heterocycles. The average molecular weight is 646 g/mol. The third kappa shape index (κ3) is 7.63. The highest BCUT2D eigenvalue weighted by Gasteiger charge is 2.32. The molecule has 5 aromatic carbocycles. The number of benzene rings is 5. The van der Waals surface area contributed by atoms with E-state index in [0.29, 0.717) is 44.0 Å². The zero-order valence-electron chi connectivity index (χ0n) is 26.4. The molecule has 1 atom stereocenters. The smallest absolute Gasteiger partial charge is 0.265 e. The number of rotatable bonds is 11. The summed E-state index contributed by atoms with van der Waals surface area (Å²) in [6, 6.07) is 44.8. The minimum Gasteiger partial charge on any atom is -0.481 e. The van der Waals surface area contributed by atoms with Gasteiger partial charge < -0.3 is 10.1 Å². The fourth-order valence-electron chi connectivity index (χ4n) is 6.01. The van der Waals surface area contributed by atoms with Crippen molar-refractivity contribution in [3.63, 3.8) is 0 Å². The van der Waals surface area contributed by atoms with Gasteiger partial charge in [-0.15, -0.1) is 0 Å². The molecule has 47 heavy (non-hydrogen) atoms. The molecule has 7 nitrogen and oxygen atoms in total. The van der Waals surface area contributed by atoms with Crippen LogP contribution in [0.4, 0.5) is 5.69 Å². The van der Waals surface area contributed by atoms with Crippen LogP contribution in [-0.4, -0.2) is 55.8 Å². The Bertz CT molecular complexity index is 1800. The van der Waals surface area contributed by atoms with Crippen LogP contribution >= 0.6 is 0 Å². The molecule has 0 spiro atoms. The maximum atomic E-state index is 13.6. The Morgan fingerprint density at radius 3 is 1.72 bits per heavy atom. The molecule has 0 radical (unpaired) electrons. The van der Waals surface area contributed by atoms with Crippen molar-refractivity contribution in [3.05, 3.63) is 151 Å². The van der Waals surface area contributed by atoms with Crippen LogP contribution in [-0.2, 0) is 14.8 Å². The summed E-state index contributed by atoms with van der Waals surface area (Å²) in [5, 5.41) is 2.88. The van der Waals surface area contributed by atoms with Gasteiger partial charge in [0.2, 0.25) is 10.0 Å². The van der Waals surface area contributed by atoms with Gasteiger partial charge in [-0.3, -0.25) is 9.69 Å². The third-order valence-corrected chi connectivity index (χ3v) is 10.4. The van der Waals surface area contributed by atoms with E-state index < -0.39 is 16.1 Å². The van der Waals surface area contributed by atoms with Gasteiger partial charge in [0.15, 0.2) is 6.10 Å². The highest BCUT2D eigenvalue weighted by molar-refractivity contribution is 7.89. The van der Waals surface area contributed by atoms with E-state index in [0.717, 1.165) is 11.1 Å². The first-order valence-electron chi connectivity index (χ1n) is 16.0. The number of nitrogens with one attached hydrogen (secondary N) is 1. The van der Waals surface area contributed by atoms with E-state index in [1.54, 1.807) is 28.6 Å². The molecular formula is C39H39N3O4S. The van der Waals surface area contributed by atoms with Crippen LogP contribution in [0.2, 0.25) is 0 Å². The van der Waals surface area contributed by atoms with Crippen molar-refractivity contribution in [3.8, 4) is 16.9 Å². The Morgan fingerprint density at radius 1 is 0.681 bits per heavy atom. The number of hydrogen-bond acceptors (Lipinski definition) is 5. The Balaban J connectivity index is 1.06. The molecule has 240 valence electrons. The van der Waals surface area contributed by atoms with E-state index >= 15 is 0 Å². The number of sulfonamides is 1. The van der Waals surface area contributed by atoms with Crippen LogP contribution in [0.1, 0.15) is 30.5 Å². The summed E-state index contributed by atoms with van der Waals surface area (Å²) in [5.41, 5.74) is 5.05. The van der Waals surface area contributed by atoms with Gasteiger partial charge in [-0.25, -0.2) is 8.42 Å². The normalized spacial score (nSPS) is 14.9. The van der Waals surface area contributed by atoms with Gasteiger partial charge in [0, 0.05) is 31.9 Å². The highest BCUT2D eigenvalue weighted by Crippen LogP contribution is 2.31. The number of amides is 1. The summed E-state index contributed by atoms with van der Waals surface area (Å²) in [4.78, 5) is 15.6. The van der Waals surface area contributed by atoms with Crippen molar-refractivity contribution in [2.24, 2.45) is 0 Å². The Morgan fingerprint density at radius 2 is 1.19 bits per heavy atom. The number of anilines is 1. The molecule has 0 aromatic heterocycles. The Kier molecular flexibility index (Phi) is 10.1. The van der Waals surface area contributed by atoms with Crippen LogP contribution in [0, 0.1) is 0 Å². The predicted molar refractivity (Wildman–Crippen MR) is 187 cm³/mol. The van der Waals surface area contributed by atoms with Crippen LogP contribution < -0.4 is 10.1 Å². The molecule has 0 bridgehead atoms. The molecule has 5 aromatic rings. The lowest BCUT2D eigenvalue weighted by atomic mass is 9.96. The first-order chi connectivity index (χ1) is 22.9. The molecule has 1 unspecified atom stereocenters. The summed E-state index contributed by atoms with van der Waals surface area (Å²) in [6.45, 7) is 3.88. The second kappa shape index (κ2) is 14.8. The second-order valence-electron chi connectivity index (χ2n) is 11.6. The lowest BCUT2D eigenvalue weighted by molar-refractivity contribution is -0.122. The van der Waals surface area contributed by atoms with Gasteiger partial charge >= 0.3 is 0 Å². The standard InChI is InChI=1S/C39H39N3O4S/c1-2-37(46-35-22-18-31(19-23-35)30-12-6-3-7-13-30)39(43)40-34-20-24-36(25-21-34)47(44,45)42-28-26-41(27-29-42)38(32-14-8-4-9-15-32)33-16-10-5-11-17-33/h3-25,37-38H,2,26-29H2,1H3,(H,40,43). The molecule has 1 aliphatic heterocycles. The van der Waals surface area contributed by atoms with Gasteiger partial charge in [-0.05, 0) is 65.1 Å². The fraction of sp³-hybridized carbons (Fsp3) is 0.205. The average Bonchev–Trinajstić information content (AvgIpc) is 3.13. The minimum absolute atomic E-state index is 0.0507. The quantitative estimate of drug-likeness (QED) is 0.164. The Labute approximate surface area is 277 Å². The number of hydrogen-bond donors (Lipinski definition) is 1. The molecule has 0 saturated carbocycles. The van der Waals surface area contributed by atoms with Crippen LogP contribution in [0.15, 0.2) is 144 Å². The number of carbonyl (C=O) groups excluding carboxylic acids is 1. The Hall–Kier alpha value is -4.76. The molecule has 6 rings (SSSR count). The summed E-state index contributed by atoms with van der Waals surface area (Å²) in [6.07, 6.45) is -0.229. The van der Waals surface area contributed by atoms with Crippen molar-refractivity contribution < 1.29 is 17.9 Å². The second-order valence-corrected chi connectivity index (χ2v) is 13.5. The molecule has 1 fully saturated rings. The number of ether oxygens (including phenoxy) is 1. The van der Waals surface area contributed by atoms with Crippen LogP contribution in [0.5, 0.6) is 5.75 Å². The van der Waals surface area contributed by atoms with Gasteiger partial charge in [-0.2, -0.15) is 4.31 Å². The van der Waals surface area contributed by atoms with E-state index in [4.69, 9.17) is 4.74 Å². The predicted octanol–water partition coefficient (Wildman–Crippen LogP) is 7.25. The van der Waals surface area contributed by atoms with Crippen molar-refractivity contribution in [2.75, 3.05) is 31.5 Å². The summed E-state index contributed by atoms with van der Waals surface area (Å²) in [5.74, 6) is 0.310. The summed E-state index contributed by atoms with van der Waals surface area (Å²) in [7, 11) is -3.70. The van der Waals surface area contributed by atoms with E-state index in [1.807, 2.05) is 97.9 Å².